The molecule has 3 heterocycles. The number of rotatable bonds is 3. The molecule has 0 radical (unpaired) electrons. The van der Waals surface area contributed by atoms with E-state index in [4.69, 9.17) is 11.6 Å². The van der Waals surface area contributed by atoms with Crippen LogP contribution in [-0.2, 0) is 9.84 Å². The van der Waals surface area contributed by atoms with Crippen LogP contribution in [0.3, 0.4) is 0 Å². The van der Waals surface area contributed by atoms with Crippen molar-refractivity contribution in [2.45, 2.75) is 55.9 Å². The molecule has 2 aliphatic heterocycles. The largest absolute Gasteiger partial charge is 0.358 e. The normalized spacial score (nSPS) is 27.9. The third kappa shape index (κ3) is 3.81. The third-order valence-corrected chi connectivity index (χ3v) is 8.23. The van der Waals surface area contributed by atoms with Gasteiger partial charge in [-0.25, -0.2) is 17.8 Å². The molecule has 0 spiro atoms. The average Bonchev–Trinajstić information content (AvgIpc) is 3.09. The van der Waals surface area contributed by atoms with E-state index in [0.29, 0.717) is 29.4 Å². The zero-order valence-electron chi connectivity index (χ0n) is 17.7. The Balaban J connectivity index is 1.38. The van der Waals surface area contributed by atoms with E-state index in [2.05, 4.69) is 15.4 Å². The number of sulfone groups is 1. The highest BCUT2D eigenvalue weighted by atomic mass is 35.5. The molecule has 1 unspecified atom stereocenters. The molecule has 5 rings (SSSR count). The molecule has 1 saturated carbocycles. The van der Waals surface area contributed by atoms with Gasteiger partial charge in [0.15, 0.2) is 15.2 Å². The molecule has 2 aliphatic carbocycles. The number of hydrogen-bond donors (Lipinski definition) is 1. The molecule has 1 atom stereocenters. The Morgan fingerprint density at radius 2 is 2.00 bits per heavy atom. The van der Waals surface area contributed by atoms with Crippen LogP contribution < -0.4 is 5.32 Å². The Morgan fingerprint density at radius 3 is 2.72 bits per heavy atom. The number of fused-ring (bicyclic) bond motifs is 1. The highest BCUT2D eigenvalue weighted by molar-refractivity contribution is 7.91. The van der Waals surface area contributed by atoms with E-state index in [1.165, 1.54) is 12.3 Å². The van der Waals surface area contributed by atoms with Crippen LogP contribution in [0.2, 0.25) is 0 Å². The fraction of sp³-hybridized carbons (Fsp3) is 0.455. The second kappa shape index (κ2) is 8.19. The summed E-state index contributed by atoms with van der Waals surface area (Å²) in [5, 5.41) is 9.63. The maximum absolute atomic E-state index is 14.2. The predicted molar refractivity (Wildman–Crippen MR) is 121 cm³/mol. The molecular weight excluding hydrogens is 453 g/mol. The van der Waals surface area contributed by atoms with Crippen LogP contribution >= 0.6 is 11.6 Å². The van der Waals surface area contributed by atoms with Crippen molar-refractivity contribution in [1.29, 1.82) is 0 Å². The van der Waals surface area contributed by atoms with Gasteiger partial charge in [0, 0.05) is 35.3 Å². The minimum Gasteiger partial charge on any atom is -0.358 e. The van der Waals surface area contributed by atoms with E-state index in [9.17, 15) is 12.8 Å². The van der Waals surface area contributed by atoms with Crippen molar-refractivity contribution >= 4 is 27.8 Å². The lowest BCUT2D eigenvalue weighted by molar-refractivity contribution is 0.179. The molecule has 1 N–H and O–H groups in total. The second-order valence-electron chi connectivity index (χ2n) is 8.72. The van der Waals surface area contributed by atoms with Crippen LogP contribution in [0.25, 0.3) is 0 Å². The van der Waals surface area contributed by atoms with Crippen LogP contribution in [0.4, 0.5) is 4.39 Å². The number of allylic oxidation sites excluding steroid dienone is 2. The Hall–Kier alpha value is -2.39. The second-order valence-corrected chi connectivity index (χ2v) is 11.3. The fourth-order valence-electron chi connectivity index (χ4n) is 5.12. The Kier molecular flexibility index (Phi) is 5.49. The SMILES string of the molecule is CS(=O)(=O)C1C2=C(C=C(Cl)CC2)NC=C2N1C=NN2[C@H]1CC[C@H](c2ncccc2F)CC1. The first-order chi connectivity index (χ1) is 15.3. The van der Waals surface area contributed by atoms with Crippen molar-refractivity contribution in [2.24, 2.45) is 5.10 Å². The van der Waals surface area contributed by atoms with Gasteiger partial charge in [-0.2, -0.15) is 5.10 Å². The van der Waals surface area contributed by atoms with Gasteiger partial charge >= 0.3 is 0 Å². The number of aromatic nitrogens is 1. The first-order valence-corrected chi connectivity index (χ1v) is 13.1. The van der Waals surface area contributed by atoms with Crippen LogP contribution in [0.15, 0.2) is 57.8 Å². The zero-order valence-corrected chi connectivity index (χ0v) is 19.3. The van der Waals surface area contributed by atoms with Crippen LogP contribution in [0.1, 0.15) is 50.1 Å². The van der Waals surface area contributed by atoms with Crippen LogP contribution in [0, 0.1) is 5.82 Å². The summed E-state index contributed by atoms with van der Waals surface area (Å²) in [6, 6.07) is 3.17. The first-order valence-electron chi connectivity index (χ1n) is 10.8. The Labute approximate surface area is 192 Å². The molecular formula is C22H25ClFN5O2S. The summed E-state index contributed by atoms with van der Waals surface area (Å²) in [6.07, 6.45) is 12.5. The minimum atomic E-state index is -3.45. The third-order valence-electron chi connectivity index (χ3n) is 6.61. The lowest BCUT2D eigenvalue weighted by Gasteiger charge is -2.36. The molecule has 170 valence electrons. The molecule has 0 aromatic carbocycles. The van der Waals surface area contributed by atoms with Gasteiger partial charge in [0.2, 0.25) is 0 Å². The molecule has 0 saturated heterocycles. The molecule has 1 aromatic heterocycles. The summed E-state index contributed by atoms with van der Waals surface area (Å²) in [7, 11) is -3.45. The number of nitrogens with zero attached hydrogens (tertiary/aromatic N) is 4. The molecule has 7 nitrogen and oxygen atoms in total. The van der Waals surface area contributed by atoms with Crippen LogP contribution in [-0.4, -0.2) is 47.3 Å². The van der Waals surface area contributed by atoms with E-state index >= 15 is 0 Å². The molecule has 10 heteroatoms. The van der Waals surface area contributed by atoms with Gasteiger partial charge in [0.05, 0.1) is 11.7 Å². The van der Waals surface area contributed by atoms with Gasteiger partial charge in [-0.05, 0) is 62.3 Å². The smallest absolute Gasteiger partial charge is 0.172 e. The number of hydrogen-bond acceptors (Lipinski definition) is 7. The molecule has 0 bridgehead atoms. The van der Waals surface area contributed by atoms with Crippen LogP contribution in [0.5, 0.6) is 0 Å². The Morgan fingerprint density at radius 1 is 1.22 bits per heavy atom. The predicted octanol–water partition coefficient (Wildman–Crippen LogP) is 3.75. The number of pyridine rings is 1. The number of hydrazone groups is 1. The molecule has 1 aromatic rings. The highest BCUT2D eigenvalue weighted by Gasteiger charge is 2.42. The molecule has 1 fully saturated rings. The van der Waals surface area contributed by atoms with Gasteiger partial charge in [0.1, 0.15) is 18.0 Å². The molecule has 0 amide bonds. The minimum absolute atomic E-state index is 0.0846. The van der Waals surface area contributed by atoms with E-state index in [0.717, 1.165) is 37.0 Å². The van der Waals surface area contributed by atoms with Gasteiger partial charge in [-0.3, -0.25) is 9.88 Å². The topological polar surface area (TPSA) is 77.9 Å². The quantitative estimate of drug-likeness (QED) is 0.714. The van der Waals surface area contributed by atoms with Gasteiger partial charge < -0.3 is 5.32 Å². The van der Waals surface area contributed by atoms with Gasteiger partial charge in [-0.1, -0.05) is 11.6 Å². The van der Waals surface area contributed by atoms with Crippen molar-refractivity contribution in [3.63, 3.8) is 0 Å². The summed E-state index contributed by atoms with van der Waals surface area (Å²) < 4.78 is 39.8. The van der Waals surface area contributed by atoms with E-state index in [-0.39, 0.29) is 17.8 Å². The van der Waals surface area contributed by atoms with E-state index in [1.807, 2.05) is 17.3 Å². The van der Waals surface area contributed by atoms with E-state index in [1.54, 1.807) is 23.5 Å². The maximum atomic E-state index is 14.2. The standard InChI is InChI=1S/C22H25ClFN5O2S/c1-32(30,31)22-17-9-6-15(23)11-19(17)26-12-20-28(22)13-27-29(20)16-7-4-14(5-8-16)21-18(24)3-2-10-25-21/h2-3,10-14,16,22,26H,4-9H2,1H3/t14-,16-,22?. The summed E-state index contributed by atoms with van der Waals surface area (Å²) in [4.78, 5) is 5.99. The van der Waals surface area contributed by atoms with Crippen molar-refractivity contribution in [2.75, 3.05) is 6.26 Å². The average molecular weight is 478 g/mol. The Bertz CT molecular complexity index is 1150. The summed E-state index contributed by atoms with van der Waals surface area (Å²) >= 11 is 6.23. The van der Waals surface area contributed by atoms with Crippen molar-refractivity contribution in [3.05, 3.63) is 64.2 Å². The number of halogens is 2. The van der Waals surface area contributed by atoms with Crippen molar-refractivity contribution in [1.82, 2.24) is 20.2 Å². The lowest BCUT2D eigenvalue weighted by atomic mass is 9.83. The highest BCUT2D eigenvalue weighted by Crippen LogP contribution is 2.40. The summed E-state index contributed by atoms with van der Waals surface area (Å²) in [5.41, 5.74) is 2.07. The number of nitrogens with one attached hydrogen (secondary N) is 1. The van der Waals surface area contributed by atoms with Crippen molar-refractivity contribution in [3.8, 4) is 0 Å². The zero-order chi connectivity index (χ0) is 22.5. The van der Waals surface area contributed by atoms with Crippen molar-refractivity contribution < 1.29 is 12.8 Å². The first kappa shape index (κ1) is 21.5. The van der Waals surface area contributed by atoms with E-state index < -0.39 is 15.2 Å². The molecule has 32 heavy (non-hydrogen) atoms. The summed E-state index contributed by atoms with van der Waals surface area (Å²) in [6.45, 7) is 0. The maximum Gasteiger partial charge on any atom is 0.172 e. The van der Waals surface area contributed by atoms with Gasteiger partial charge in [0.25, 0.3) is 0 Å². The monoisotopic (exact) mass is 477 g/mol. The fourth-order valence-corrected chi connectivity index (χ4v) is 6.66. The van der Waals surface area contributed by atoms with Gasteiger partial charge in [-0.15, -0.1) is 0 Å². The summed E-state index contributed by atoms with van der Waals surface area (Å²) in [5.74, 6) is 0.532. The lowest BCUT2D eigenvalue weighted by Crippen LogP contribution is -2.42. The molecule has 4 aliphatic rings.